The highest BCUT2D eigenvalue weighted by atomic mass is 16.5. The molecule has 2 atom stereocenters. The number of methoxy groups -OCH3 is 1. The van der Waals surface area contributed by atoms with Crippen molar-refractivity contribution in [3.63, 3.8) is 0 Å². The summed E-state index contributed by atoms with van der Waals surface area (Å²) in [6.07, 6.45) is 3.45. The highest BCUT2D eigenvalue weighted by Gasteiger charge is 2.50. The zero-order valence-corrected chi connectivity index (χ0v) is 19.6. The van der Waals surface area contributed by atoms with Gasteiger partial charge in [-0.25, -0.2) is 4.98 Å². The number of benzene rings is 2. The van der Waals surface area contributed by atoms with E-state index < -0.39 is 17.6 Å². The first-order valence-electron chi connectivity index (χ1n) is 11.2. The van der Waals surface area contributed by atoms with Crippen molar-refractivity contribution in [1.29, 1.82) is 0 Å². The normalized spacial score (nSPS) is 17.6. The lowest BCUT2D eigenvalue weighted by Crippen LogP contribution is -2.56. The molecule has 1 unspecified atom stereocenters. The van der Waals surface area contributed by atoms with Gasteiger partial charge in [0.15, 0.2) is 5.54 Å². The molecule has 5 rings (SSSR count). The van der Waals surface area contributed by atoms with Gasteiger partial charge < -0.3 is 19.6 Å². The Morgan fingerprint density at radius 2 is 2.00 bits per heavy atom. The number of hydrogen-bond donors (Lipinski definition) is 3. The van der Waals surface area contributed by atoms with Crippen molar-refractivity contribution < 1.29 is 18.8 Å². The Morgan fingerprint density at radius 1 is 1.20 bits per heavy atom. The number of ether oxygens (including phenoxy) is 1. The fraction of sp³-hybridized carbons (Fsp3) is 0.231. The monoisotopic (exact) mass is 471 g/mol. The molecule has 178 valence electrons. The van der Waals surface area contributed by atoms with E-state index in [0.29, 0.717) is 22.6 Å². The van der Waals surface area contributed by atoms with E-state index in [1.807, 2.05) is 62.4 Å². The number of carbonyl (C=O) groups excluding carboxylic acids is 2. The number of aromatic amines is 1. The minimum atomic E-state index is -1.34. The third-order valence-corrected chi connectivity index (χ3v) is 6.40. The molecule has 35 heavy (non-hydrogen) atoms. The number of aromatic nitrogens is 3. The smallest absolute Gasteiger partial charge is 0.323 e. The molecule has 4 aromatic rings. The van der Waals surface area contributed by atoms with Crippen molar-refractivity contribution in [2.45, 2.75) is 31.8 Å². The summed E-state index contributed by atoms with van der Waals surface area (Å²) >= 11 is 0. The van der Waals surface area contributed by atoms with Crippen LogP contribution in [0.3, 0.4) is 0 Å². The average molecular weight is 472 g/mol. The fourth-order valence-electron chi connectivity index (χ4n) is 4.77. The van der Waals surface area contributed by atoms with E-state index in [9.17, 15) is 9.59 Å². The van der Waals surface area contributed by atoms with E-state index in [1.165, 1.54) is 7.11 Å². The minimum Gasteiger partial charge on any atom is -0.468 e. The van der Waals surface area contributed by atoms with Crippen LogP contribution in [0.5, 0.6) is 0 Å². The van der Waals surface area contributed by atoms with E-state index in [4.69, 9.17) is 9.26 Å². The second-order valence-electron chi connectivity index (χ2n) is 8.53. The summed E-state index contributed by atoms with van der Waals surface area (Å²) in [6, 6.07) is 14.3. The van der Waals surface area contributed by atoms with Crippen LogP contribution in [0, 0.1) is 13.8 Å². The number of carbonyl (C=O) groups is 2. The third-order valence-electron chi connectivity index (χ3n) is 6.40. The molecule has 2 aromatic carbocycles. The van der Waals surface area contributed by atoms with Gasteiger partial charge >= 0.3 is 5.97 Å². The van der Waals surface area contributed by atoms with Gasteiger partial charge in [-0.2, -0.15) is 0 Å². The summed E-state index contributed by atoms with van der Waals surface area (Å²) in [5, 5.41) is 10.4. The van der Waals surface area contributed by atoms with Crippen LogP contribution in [0.15, 0.2) is 65.6 Å². The van der Waals surface area contributed by atoms with Crippen molar-refractivity contribution in [1.82, 2.24) is 20.4 Å². The molecule has 2 aromatic heterocycles. The molecule has 1 aliphatic heterocycles. The van der Waals surface area contributed by atoms with Crippen molar-refractivity contribution in [2.24, 2.45) is 0 Å². The Balaban J connectivity index is 1.68. The highest BCUT2D eigenvalue weighted by molar-refractivity contribution is 6.09. The van der Waals surface area contributed by atoms with Crippen LogP contribution in [-0.4, -0.2) is 40.2 Å². The van der Waals surface area contributed by atoms with Gasteiger partial charge in [0.1, 0.15) is 11.8 Å². The second-order valence-corrected chi connectivity index (χ2v) is 8.53. The molecular formula is C26H25N5O4. The molecule has 0 aliphatic carbocycles. The minimum absolute atomic E-state index is 0.257. The van der Waals surface area contributed by atoms with Crippen LogP contribution in [0.2, 0.25) is 0 Å². The van der Waals surface area contributed by atoms with Crippen molar-refractivity contribution in [3.05, 3.63) is 89.3 Å². The molecule has 0 saturated heterocycles. The summed E-state index contributed by atoms with van der Waals surface area (Å²) in [4.78, 5) is 33.7. The number of anilines is 1. The molecule has 0 saturated carbocycles. The van der Waals surface area contributed by atoms with Crippen LogP contribution >= 0.6 is 0 Å². The number of H-pyrrole nitrogens is 1. The first-order chi connectivity index (χ1) is 16.9. The van der Waals surface area contributed by atoms with Crippen LogP contribution in [0.4, 0.5) is 5.69 Å². The van der Waals surface area contributed by atoms with Crippen LogP contribution in [0.1, 0.15) is 28.3 Å². The maximum Gasteiger partial charge on any atom is 0.323 e. The lowest BCUT2D eigenvalue weighted by Gasteiger charge is -2.33. The average Bonchev–Trinajstić information content (AvgIpc) is 3.57. The van der Waals surface area contributed by atoms with Gasteiger partial charge in [-0.05, 0) is 37.1 Å². The van der Waals surface area contributed by atoms with Gasteiger partial charge in [-0.3, -0.25) is 14.9 Å². The summed E-state index contributed by atoms with van der Waals surface area (Å²) in [7, 11) is 1.33. The predicted octanol–water partition coefficient (Wildman–Crippen LogP) is 3.25. The standard InChI is InChI=1S/C26H25N5O4/c1-15-23(16(2)35-31-15)17-9-10-21-20(11-17)26(25(33)29-21,18-7-5-4-6-8-18)30-22(24(32)34-3)12-19-13-27-14-28-19/h4-11,13-14,22,30H,12H2,1-3H3,(H,27,28)(H,29,33)/t22?,26-/m1/s1. The van der Waals surface area contributed by atoms with E-state index >= 15 is 0 Å². The zero-order chi connectivity index (χ0) is 24.6. The van der Waals surface area contributed by atoms with E-state index in [2.05, 4.69) is 25.8 Å². The number of amides is 1. The molecule has 0 fully saturated rings. The predicted molar refractivity (Wildman–Crippen MR) is 128 cm³/mol. The summed E-state index contributed by atoms with van der Waals surface area (Å²) in [5.74, 6) is -0.0872. The summed E-state index contributed by atoms with van der Waals surface area (Å²) < 4.78 is 10.5. The molecule has 9 heteroatoms. The van der Waals surface area contributed by atoms with Gasteiger partial charge in [0.2, 0.25) is 0 Å². The number of rotatable bonds is 7. The van der Waals surface area contributed by atoms with Crippen LogP contribution in [0.25, 0.3) is 11.1 Å². The second kappa shape index (κ2) is 8.84. The van der Waals surface area contributed by atoms with E-state index in [0.717, 1.165) is 22.5 Å². The van der Waals surface area contributed by atoms with Gasteiger partial charge in [0.05, 0.1) is 19.1 Å². The molecule has 3 N–H and O–H groups in total. The molecule has 1 amide bonds. The largest absolute Gasteiger partial charge is 0.468 e. The molecule has 0 bridgehead atoms. The van der Waals surface area contributed by atoms with E-state index in [-0.39, 0.29) is 12.3 Å². The van der Waals surface area contributed by atoms with Gasteiger partial charge in [0.25, 0.3) is 5.91 Å². The number of esters is 1. The Labute approximate surface area is 201 Å². The molecule has 9 nitrogen and oxygen atoms in total. The molecule has 1 aliphatic rings. The third kappa shape index (κ3) is 3.79. The number of nitrogens with zero attached hydrogens (tertiary/aromatic N) is 2. The summed E-state index contributed by atoms with van der Waals surface area (Å²) in [6.45, 7) is 3.73. The maximum atomic E-state index is 13.8. The Hall–Kier alpha value is -4.24. The SMILES string of the molecule is COC(=O)C(Cc1cnc[nH]1)N[C@@]1(c2ccccc2)C(=O)Nc2ccc(-c3c(C)noc3C)cc21. The zero-order valence-electron chi connectivity index (χ0n) is 19.6. The molecule has 3 heterocycles. The Morgan fingerprint density at radius 3 is 2.66 bits per heavy atom. The lowest BCUT2D eigenvalue weighted by molar-refractivity contribution is -0.143. The molecule has 0 radical (unpaired) electrons. The van der Waals surface area contributed by atoms with E-state index in [1.54, 1.807) is 12.5 Å². The topological polar surface area (TPSA) is 122 Å². The lowest BCUT2D eigenvalue weighted by atomic mass is 9.81. The van der Waals surface area contributed by atoms with Crippen LogP contribution < -0.4 is 10.6 Å². The first kappa shape index (κ1) is 22.5. The number of imidazole rings is 1. The number of aryl methyl sites for hydroxylation is 2. The number of nitrogens with one attached hydrogen (secondary N) is 3. The number of fused-ring (bicyclic) bond motifs is 1. The maximum absolute atomic E-state index is 13.8. The quantitative estimate of drug-likeness (QED) is 0.354. The summed E-state index contributed by atoms with van der Waals surface area (Å²) in [5.41, 5.74) is 3.94. The van der Waals surface area contributed by atoms with Crippen LogP contribution in [-0.2, 0) is 26.3 Å². The molecule has 0 spiro atoms. The molecular weight excluding hydrogens is 446 g/mol. The Bertz CT molecular complexity index is 1360. The number of hydrogen-bond acceptors (Lipinski definition) is 7. The van der Waals surface area contributed by atoms with Crippen molar-refractivity contribution in [3.8, 4) is 11.1 Å². The fourth-order valence-corrected chi connectivity index (χ4v) is 4.77. The highest BCUT2D eigenvalue weighted by Crippen LogP contribution is 2.44. The first-order valence-corrected chi connectivity index (χ1v) is 11.2. The van der Waals surface area contributed by atoms with Gasteiger partial charge in [-0.15, -0.1) is 0 Å². The van der Waals surface area contributed by atoms with Crippen molar-refractivity contribution >= 4 is 17.6 Å². The van der Waals surface area contributed by atoms with Gasteiger partial charge in [0, 0.05) is 35.1 Å². The van der Waals surface area contributed by atoms with Crippen molar-refractivity contribution in [2.75, 3.05) is 12.4 Å². The van der Waals surface area contributed by atoms with Gasteiger partial charge in [-0.1, -0.05) is 41.6 Å². The Kier molecular flexibility index (Phi) is 5.70.